The van der Waals surface area contributed by atoms with Gasteiger partial charge in [0.2, 0.25) is 5.91 Å². The van der Waals surface area contributed by atoms with Gasteiger partial charge in [-0.15, -0.1) is 0 Å². The Morgan fingerprint density at radius 1 is 0.795 bits per heavy atom. The van der Waals surface area contributed by atoms with Crippen LogP contribution in [0.4, 0.5) is 0 Å². The van der Waals surface area contributed by atoms with Gasteiger partial charge in [-0.3, -0.25) is 9.59 Å². The minimum atomic E-state index is -0.476. The van der Waals surface area contributed by atoms with Crippen LogP contribution in [0.15, 0.2) is 109 Å². The van der Waals surface area contributed by atoms with Crippen LogP contribution in [0.25, 0.3) is 32.9 Å². The highest BCUT2D eigenvalue weighted by atomic mass is 16.5. The number of nitrogens with two attached hydrogens (primary N) is 1. The fraction of sp³-hybridized carbons (Fsp3) is 0.0588. The summed E-state index contributed by atoms with van der Waals surface area (Å²) in [6.45, 7) is 0.544. The molecule has 39 heavy (non-hydrogen) atoms. The number of fused-ring (bicyclic) bond motifs is 3. The molecule has 1 amide bonds. The Morgan fingerprint density at radius 3 is 2.21 bits per heavy atom. The lowest BCUT2D eigenvalue weighted by atomic mass is 10.0. The molecule has 5 heteroatoms. The van der Waals surface area contributed by atoms with E-state index in [1.807, 2.05) is 97.1 Å². The molecule has 1 aromatic heterocycles. The molecule has 189 valence electrons. The van der Waals surface area contributed by atoms with Crippen molar-refractivity contribution in [3.05, 3.63) is 138 Å². The van der Waals surface area contributed by atoms with Crippen molar-refractivity contribution in [2.24, 2.45) is 5.73 Å². The van der Waals surface area contributed by atoms with Gasteiger partial charge in [-0.2, -0.15) is 0 Å². The fourth-order valence-corrected chi connectivity index (χ4v) is 5.08. The number of benzene rings is 5. The molecule has 0 aliphatic heterocycles. The average molecular weight is 510 g/mol. The number of primary amides is 1. The van der Waals surface area contributed by atoms with Crippen molar-refractivity contribution in [2.45, 2.75) is 6.54 Å². The third kappa shape index (κ3) is 4.44. The molecule has 0 aliphatic carbocycles. The molecule has 0 unspecified atom stereocenters. The highest BCUT2D eigenvalue weighted by molar-refractivity contribution is 6.18. The van der Waals surface area contributed by atoms with Crippen LogP contribution in [0.2, 0.25) is 0 Å². The van der Waals surface area contributed by atoms with Crippen molar-refractivity contribution in [3.8, 4) is 16.9 Å². The Hall–Kier alpha value is -5.16. The first-order valence-electron chi connectivity index (χ1n) is 12.6. The fourth-order valence-electron chi connectivity index (χ4n) is 5.08. The van der Waals surface area contributed by atoms with Crippen molar-refractivity contribution in [2.75, 3.05) is 7.11 Å². The zero-order chi connectivity index (χ0) is 26.9. The van der Waals surface area contributed by atoms with E-state index >= 15 is 0 Å². The van der Waals surface area contributed by atoms with E-state index in [1.165, 1.54) is 0 Å². The summed E-state index contributed by atoms with van der Waals surface area (Å²) in [5, 5.41) is 1.63. The second-order valence-electron chi connectivity index (χ2n) is 9.42. The van der Waals surface area contributed by atoms with Gasteiger partial charge < -0.3 is 15.0 Å². The monoisotopic (exact) mass is 509 g/mol. The third-order valence-electron chi connectivity index (χ3n) is 7.08. The summed E-state index contributed by atoms with van der Waals surface area (Å²) < 4.78 is 7.48. The standard InChI is InChI=1S/C34H25N2O3/c1-39-27-17-14-23(15-18-27)26-16-19-28-31(20-26)36(30-9-5-8-29(32(28)30)34(35)38)21-22-10-12-25(13-11-22)33(37)24-6-3-2-4-7-24/h2-18,20H,21H2,1H3,(H2,35,38). The lowest BCUT2D eigenvalue weighted by Crippen LogP contribution is -2.11. The van der Waals surface area contributed by atoms with E-state index < -0.39 is 5.91 Å². The molecule has 6 rings (SSSR count). The first-order chi connectivity index (χ1) is 19.0. The number of carbonyl (C=O) groups excluding carboxylic acids is 2. The molecule has 0 spiro atoms. The summed E-state index contributed by atoms with van der Waals surface area (Å²) in [5.74, 6) is 0.304. The van der Waals surface area contributed by atoms with Gasteiger partial charge >= 0.3 is 0 Å². The summed E-state index contributed by atoms with van der Waals surface area (Å²) in [6, 6.07) is 37.9. The number of methoxy groups -OCH3 is 1. The van der Waals surface area contributed by atoms with Gasteiger partial charge in [-0.1, -0.05) is 72.8 Å². The van der Waals surface area contributed by atoms with Gasteiger partial charge in [0.15, 0.2) is 5.78 Å². The van der Waals surface area contributed by atoms with Crippen LogP contribution in [-0.2, 0) is 6.54 Å². The number of nitrogens with zero attached hydrogens (tertiary/aromatic N) is 1. The Morgan fingerprint density at radius 2 is 1.51 bits per heavy atom. The van der Waals surface area contributed by atoms with Crippen LogP contribution in [0.3, 0.4) is 0 Å². The maximum absolute atomic E-state index is 12.9. The van der Waals surface area contributed by atoms with Crippen molar-refractivity contribution in [1.29, 1.82) is 0 Å². The van der Waals surface area contributed by atoms with E-state index in [1.54, 1.807) is 13.2 Å². The van der Waals surface area contributed by atoms with E-state index in [4.69, 9.17) is 10.5 Å². The normalized spacial score (nSPS) is 11.1. The molecule has 1 heterocycles. The summed E-state index contributed by atoms with van der Waals surface area (Å²) in [7, 11) is 1.65. The smallest absolute Gasteiger partial charge is 0.249 e. The lowest BCUT2D eigenvalue weighted by Gasteiger charge is -2.10. The summed E-state index contributed by atoms with van der Waals surface area (Å²) >= 11 is 0. The second-order valence-corrected chi connectivity index (χ2v) is 9.42. The lowest BCUT2D eigenvalue weighted by molar-refractivity contribution is 0.1000. The second kappa shape index (κ2) is 9.95. The van der Waals surface area contributed by atoms with Gasteiger partial charge in [0, 0.05) is 34.0 Å². The molecule has 2 N–H and O–H groups in total. The average Bonchev–Trinajstić information content (AvgIpc) is 3.30. The number of hydrogen-bond acceptors (Lipinski definition) is 3. The van der Waals surface area contributed by atoms with Crippen molar-refractivity contribution >= 4 is 33.5 Å². The molecule has 6 aromatic rings. The molecule has 1 radical (unpaired) electrons. The number of ketones is 1. The van der Waals surface area contributed by atoms with Crippen LogP contribution in [0, 0.1) is 6.07 Å². The summed E-state index contributed by atoms with van der Waals surface area (Å²) in [5.41, 5.74) is 12.4. The largest absolute Gasteiger partial charge is 0.497 e. The number of rotatable bonds is 7. The summed E-state index contributed by atoms with van der Waals surface area (Å²) in [4.78, 5) is 25.2. The van der Waals surface area contributed by atoms with Gasteiger partial charge in [0.1, 0.15) is 5.75 Å². The van der Waals surface area contributed by atoms with Crippen LogP contribution in [-0.4, -0.2) is 23.4 Å². The van der Waals surface area contributed by atoms with Gasteiger partial charge in [0.25, 0.3) is 0 Å². The number of amides is 1. The molecule has 0 atom stereocenters. The van der Waals surface area contributed by atoms with Gasteiger partial charge in [-0.25, -0.2) is 0 Å². The Kier molecular flexibility index (Phi) is 6.17. The SMILES string of the molecule is COc1ccc(-c2c[c]c3c4c(C(N)=O)cccc4n(Cc4ccc(C(=O)c5ccccc5)cc4)c3c2)cc1. The van der Waals surface area contributed by atoms with Gasteiger partial charge in [0.05, 0.1) is 18.1 Å². The van der Waals surface area contributed by atoms with Crippen LogP contribution < -0.4 is 10.5 Å². The summed E-state index contributed by atoms with van der Waals surface area (Å²) in [6.07, 6.45) is 0. The number of aromatic nitrogens is 1. The molecule has 0 saturated carbocycles. The Labute approximate surface area is 226 Å². The molecule has 0 fully saturated rings. The van der Waals surface area contributed by atoms with E-state index in [0.717, 1.165) is 44.2 Å². The zero-order valence-corrected chi connectivity index (χ0v) is 21.3. The third-order valence-corrected chi connectivity index (χ3v) is 7.08. The molecular formula is C34H25N2O3. The predicted octanol–water partition coefficient (Wildman–Crippen LogP) is 6.65. The Balaban J connectivity index is 1.45. The molecule has 0 saturated heterocycles. The first-order valence-corrected chi connectivity index (χ1v) is 12.6. The van der Waals surface area contributed by atoms with E-state index in [9.17, 15) is 9.59 Å². The maximum atomic E-state index is 12.9. The predicted molar refractivity (Wildman–Crippen MR) is 154 cm³/mol. The van der Waals surface area contributed by atoms with E-state index in [0.29, 0.717) is 23.2 Å². The molecule has 5 aromatic carbocycles. The van der Waals surface area contributed by atoms with Crippen molar-refractivity contribution in [1.82, 2.24) is 4.57 Å². The minimum Gasteiger partial charge on any atom is -0.497 e. The highest BCUT2D eigenvalue weighted by Crippen LogP contribution is 2.35. The molecule has 0 aliphatic rings. The highest BCUT2D eigenvalue weighted by Gasteiger charge is 2.18. The first kappa shape index (κ1) is 24.2. The van der Waals surface area contributed by atoms with E-state index in [-0.39, 0.29) is 5.78 Å². The quantitative estimate of drug-likeness (QED) is 0.245. The van der Waals surface area contributed by atoms with Crippen LogP contribution in [0.1, 0.15) is 31.8 Å². The molecule has 0 bridgehead atoms. The number of carbonyl (C=O) groups is 2. The van der Waals surface area contributed by atoms with Crippen molar-refractivity contribution < 1.29 is 14.3 Å². The molecular weight excluding hydrogens is 484 g/mol. The number of ether oxygens (including phenoxy) is 1. The van der Waals surface area contributed by atoms with Crippen LogP contribution >= 0.6 is 0 Å². The van der Waals surface area contributed by atoms with Gasteiger partial charge in [-0.05, 0) is 59.2 Å². The Bertz CT molecular complexity index is 1830. The van der Waals surface area contributed by atoms with Crippen LogP contribution in [0.5, 0.6) is 5.75 Å². The van der Waals surface area contributed by atoms with Crippen molar-refractivity contribution in [3.63, 3.8) is 0 Å². The number of hydrogen-bond donors (Lipinski definition) is 1. The molecule has 5 nitrogen and oxygen atoms in total. The maximum Gasteiger partial charge on any atom is 0.249 e. The minimum absolute atomic E-state index is 0.0103. The zero-order valence-electron chi connectivity index (χ0n) is 21.3. The topological polar surface area (TPSA) is 74.3 Å². The van der Waals surface area contributed by atoms with E-state index in [2.05, 4.69) is 16.7 Å².